The summed E-state index contributed by atoms with van der Waals surface area (Å²) in [5.74, 6) is 0.166. The van der Waals surface area contributed by atoms with Gasteiger partial charge in [0.2, 0.25) is 0 Å². The van der Waals surface area contributed by atoms with Gasteiger partial charge in [-0.2, -0.15) is 4.39 Å². The second-order valence-electron chi connectivity index (χ2n) is 6.28. The zero-order valence-electron chi connectivity index (χ0n) is 13.8. The highest BCUT2D eigenvalue weighted by Gasteiger charge is 2.37. The first kappa shape index (κ1) is 17.1. The zero-order valence-corrected chi connectivity index (χ0v) is 13.8. The molecule has 0 bridgehead atoms. The molecule has 2 fully saturated rings. The van der Waals surface area contributed by atoms with Gasteiger partial charge in [-0.25, -0.2) is 4.39 Å². The molecule has 132 valence electrons. The molecule has 2 heterocycles. The number of carbonyl (C=O) groups is 1. The Morgan fingerprint density at radius 3 is 2.79 bits per heavy atom. The average Bonchev–Trinajstić information content (AvgIpc) is 2.61. The number of rotatable bonds is 4. The topological polar surface area (TPSA) is 44.8 Å². The minimum atomic E-state index is -1.97. The highest BCUT2D eigenvalue weighted by Crippen LogP contribution is 2.23. The van der Waals surface area contributed by atoms with Crippen molar-refractivity contribution in [2.24, 2.45) is 0 Å². The monoisotopic (exact) mass is 339 g/mol. The lowest BCUT2D eigenvalue weighted by molar-refractivity contribution is -0.0251. The molecule has 7 heteroatoms. The number of benzene rings is 1. The average molecular weight is 339 g/mol. The number of alkyl halides is 2. The van der Waals surface area contributed by atoms with E-state index in [-0.39, 0.29) is 17.8 Å². The van der Waals surface area contributed by atoms with Crippen molar-refractivity contribution < 1.29 is 18.3 Å². The molecule has 0 spiro atoms. The number of hydrogen-bond donors (Lipinski definition) is 1. The van der Waals surface area contributed by atoms with Gasteiger partial charge in [0, 0.05) is 37.8 Å². The Kier molecular flexibility index (Phi) is 5.30. The van der Waals surface area contributed by atoms with E-state index in [0.29, 0.717) is 11.6 Å². The van der Waals surface area contributed by atoms with Crippen LogP contribution in [0.4, 0.5) is 8.78 Å². The first-order chi connectivity index (χ1) is 11.6. The summed E-state index contributed by atoms with van der Waals surface area (Å²) in [5.41, 5.74) is 0.526. The van der Waals surface area contributed by atoms with Crippen LogP contribution in [0.2, 0.25) is 0 Å². The number of nitrogens with one attached hydrogen (secondary N) is 1. The Balaban J connectivity index is 1.71. The molecule has 3 unspecified atom stereocenters. The van der Waals surface area contributed by atoms with Crippen LogP contribution >= 0.6 is 0 Å². The Labute approximate surface area is 140 Å². The van der Waals surface area contributed by atoms with E-state index in [0.717, 1.165) is 32.6 Å². The molecule has 2 aliphatic heterocycles. The number of piperazine rings is 1. The highest BCUT2D eigenvalue weighted by molar-refractivity contribution is 5.94. The molecule has 1 amide bonds. The third-order valence-corrected chi connectivity index (χ3v) is 4.64. The van der Waals surface area contributed by atoms with Gasteiger partial charge >= 0.3 is 0 Å². The van der Waals surface area contributed by atoms with Crippen molar-refractivity contribution in [3.05, 3.63) is 29.8 Å². The predicted molar refractivity (Wildman–Crippen MR) is 86.4 cm³/mol. The van der Waals surface area contributed by atoms with Gasteiger partial charge in [0.25, 0.3) is 12.3 Å². The van der Waals surface area contributed by atoms with E-state index < -0.39 is 13.0 Å². The summed E-state index contributed by atoms with van der Waals surface area (Å²) >= 11 is 0. The quantitative estimate of drug-likeness (QED) is 0.909. The molecule has 0 aliphatic carbocycles. The molecule has 0 saturated carbocycles. The van der Waals surface area contributed by atoms with Crippen LogP contribution in [0, 0.1) is 0 Å². The van der Waals surface area contributed by atoms with E-state index in [1.165, 1.54) is 12.1 Å². The summed E-state index contributed by atoms with van der Waals surface area (Å²) in [4.78, 5) is 17.1. The number of hydrogen-bond acceptors (Lipinski definition) is 4. The van der Waals surface area contributed by atoms with Gasteiger partial charge < -0.3 is 15.0 Å². The molecule has 3 rings (SSSR count). The third kappa shape index (κ3) is 3.52. The molecule has 1 aromatic rings. The number of amides is 1. The van der Waals surface area contributed by atoms with E-state index >= 15 is 0 Å². The third-order valence-electron chi connectivity index (χ3n) is 4.64. The number of carbonyl (C=O) groups excluding carboxylic acids is 1. The fourth-order valence-corrected chi connectivity index (χ4v) is 3.44. The summed E-state index contributed by atoms with van der Waals surface area (Å²) in [6, 6.07) is 6.60. The number of ether oxygens (including phenoxy) is 1. The minimum absolute atomic E-state index is 0.0468. The van der Waals surface area contributed by atoms with Crippen molar-refractivity contribution in [3.63, 3.8) is 0 Å². The smallest absolute Gasteiger partial charge is 0.266 e. The maximum atomic E-state index is 12.9. The first-order valence-electron chi connectivity index (χ1n) is 8.34. The molecule has 0 radical (unpaired) electrons. The molecule has 1 N–H and O–H groups in total. The molecule has 1 aromatic carbocycles. The van der Waals surface area contributed by atoms with Gasteiger partial charge in [0.15, 0.2) is 6.67 Å². The predicted octanol–water partition coefficient (Wildman–Crippen LogP) is 1.80. The van der Waals surface area contributed by atoms with E-state index in [2.05, 4.69) is 17.1 Å². The van der Waals surface area contributed by atoms with Crippen LogP contribution in [0.15, 0.2) is 24.3 Å². The molecule has 24 heavy (non-hydrogen) atoms. The van der Waals surface area contributed by atoms with Crippen molar-refractivity contribution in [3.8, 4) is 5.75 Å². The van der Waals surface area contributed by atoms with Crippen molar-refractivity contribution in [1.82, 2.24) is 15.1 Å². The second kappa shape index (κ2) is 7.44. The fraction of sp³-hybridized carbons (Fsp3) is 0.588. The van der Waals surface area contributed by atoms with E-state index in [1.54, 1.807) is 12.1 Å². The van der Waals surface area contributed by atoms with Crippen LogP contribution in [0.25, 0.3) is 0 Å². The van der Waals surface area contributed by atoms with Gasteiger partial charge in [0.05, 0.1) is 6.17 Å². The SMILES string of the molecule is CC1CNCC2N(C(=O)c3ccc(OC(F)CF)cc3)CCCN12. The fourth-order valence-electron chi connectivity index (χ4n) is 3.44. The summed E-state index contributed by atoms with van der Waals surface area (Å²) in [6.07, 6.45) is -0.960. The second-order valence-corrected chi connectivity index (χ2v) is 6.28. The summed E-state index contributed by atoms with van der Waals surface area (Å²) in [6.45, 7) is 4.39. The Morgan fingerprint density at radius 2 is 2.08 bits per heavy atom. The van der Waals surface area contributed by atoms with Gasteiger partial charge in [-0.05, 0) is 37.6 Å². The Morgan fingerprint density at radius 1 is 1.33 bits per heavy atom. The lowest BCUT2D eigenvalue weighted by Gasteiger charge is -2.49. The first-order valence-corrected chi connectivity index (χ1v) is 8.34. The van der Waals surface area contributed by atoms with Crippen molar-refractivity contribution in [2.45, 2.75) is 31.9 Å². The van der Waals surface area contributed by atoms with Crippen molar-refractivity contribution in [1.29, 1.82) is 0 Å². The molecule has 2 aliphatic rings. The molecular weight excluding hydrogens is 316 g/mol. The Bertz CT molecular complexity index is 569. The number of nitrogens with zero attached hydrogens (tertiary/aromatic N) is 2. The van der Waals surface area contributed by atoms with Crippen LogP contribution in [0.5, 0.6) is 5.75 Å². The molecule has 2 saturated heterocycles. The standard InChI is InChI=1S/C17H23F2N3O2/c1-12-10-20-11-16-21(12)7-2-8-22(16)17(23)13-3-5-14(6-4-13)24-15(19)9-18/h3-6,12,15-16,20H,2,7-11H2,1H3. The molecule has 0 aromatic heterocycles. The lowest BCUT2D eigenvalue weighted by Crippen LogP contribution is -2.66. The Hall–Kier alpha value is -1.73. The lowest BCUT2D eigenvalue weighted by atomic mass is 10.1. The van der Waals surface area contributed by atoms with E-state index in [9.17, 15) is 13.6 Å². The summed E-state index contributed by atoms with van der Waals surface area (Å²) in [7, 11) is 0. The van der Waals surface area contributed by atoms with E-state index in [1.807, 2.05) is 4.90 Å². The van der Waals surface area contributed by atoms with Crippen LogP contribution in [-0.4, -0.2) is 67.1 Å². The van der Waals surface area contributed by atoms with Crippen molar-refractivity contribution >= 4 is 5.91 Å². The van der Waals surface area contributed by atoms with E-state index in [4.69, 9.17) is 4.74 Å². The molecule has 3 atom stereocenters. The van der Waals surface area contributed by atoms with Crippen molar-refractivity contribution in [2.75, 3.05) is 32.9 Å². The number of halogens is 2. The molecule has 5 nitrogen and oxygen atoms in total. The number of fused-ring (bicyclic) bond motifs is 1. The van der Waals surface area contributed by atoms with Gasteiger partial charge in [-0.15, -0.1) is 0 Å². The van der Waals surface area contributed by atoms with Crippen LogP contribution < -0.4 is 10.1 Å². The summed E-state index contributed by atoms with van der Waals surface area (Å²) in [5, 5.41) is 3.37. The van der Waals surface area contributed by atoms with Crippen LogP contribution in [-0.2, 0) is 0 Å². The normalized spacial score (nSPS) is 25.9. The molecular formula is C17H23F2N3O2. The maximum Gasteiger partial charge on any atom is 0.266 e. The van der Waals surface area contributed by atoms with Crippen LogP contribution in [0.3, 0.4) is 0 Å². The van der Waals surface area contributed by atoms with Gasteiger partial charge in [-0.3, -0.25) is 9.69 Å². The largest absolute Gasteiger partial charge is 0.458 e. The maximum absolute atomic E-state index is 12.9. The van der Waals surface area contributed by atoms with Gasteiger partial charge in [-0.1, -0.05) is 0 Å². The zero-order chi connectivity index (χ0) is 17.1. The van der Waals surface area contributed by atoms with Gasteiger partial charge in [0.1, 0.15) is 5.75 Å². The summed E-state index contributed by atoms with van der Waals surface area (Å²) < 4.78 is 29.8. The highest BCUT2D eigenvalue weighted by atomic mass is 19.2. The minimum Gasteiger partial charge on any atom is -0.458 e. The van der Waals surface area contributed by atoms with Crippen LogP contribution in [0.1, 0.15) is 23.7 Å².